The Morgan fingerprint density at radius 3 is 2.30 bits per heavy atom. The van der Waals surface area contributed by atoms with E-state index in [9.17, 15) is 18.9 Å². The van der Waals surface area contributed by atoms with Gasteiger partial charge < -0.3 is 33.7 Å². The average molecular weight is 538 g/mol. The van der Waals surface area contributed by atoms with Crippen LogP contribution in [0, 0.1) is 0 Å². The minimum atomic E-state index is -3.57. The highest BCUT2D eigenvalue weighted by Crippen LogP contribution is 2.48. The van der Waals surface area contributed by atoms with Gasteiger partial charge in [0.2, 0.25) is 0 Å². The van der Waals surface area contributed by atoms with Crippen molar-refractivity contribution in [2.24, 2.45) is 0 Å². The van der Waals surface area contributed by atoms with Gasteiger partial charge in [-0.25, -0.2) is 4.79 Å². The summed E-state index contributed by atoms with van der Waals surface area (Å²) < 4.78 is 36.5. The van der Waals surface area contributed by atoms with E-state index in [1.165, 1.54) is 6.92 Å². The van der Waals surface area contributed by atoms with Crippen LogP contribution in [0.15, 0.2) is 18.3 Å². The minimum Gasteiger partial charge on any atom is -0.479 e. The zero-order valence-corrected chi connectivity index (χ0v) is 23.1. The number of ether oxygens (including phenoxy) is 2. The molecule has 0 aliphatic heterocycles. The highest BCUT2D eigenvalue weighted by molar-refractivity contribution is 7.53. The zero-order valence-electron chi connectivity index (χ0n) is 22.2. The number of esters is 1. The van der Waals surface area contributed by atoms with Crippen LogP contribution in [0.2, 0.25) is 0 Å². The van der Waals surface area contributed by atoms with Crippen molar-refractivity contribution in [1.82, 2.24) is 9.88 Å². The van der Waals surface area contributed by atoms with Crippen LogP contribution < -0.4 is 15.4 Å². The Labute approximate surface area is 216 Å². The Hall–Kier alpha value is -2.88. The predicted molar refractivity (Wildman–Crippen MR) is 139 cm³/mol. The Morgan fingerprint density at radius 2 is 1.76 bits per heavy atom. The average Bonchev–Trinajstić information content (AvgIpc) is 3.51. The number of ketones is 1. The lowest BCUT2D eigenvalue weighted by atomic mass is 10.1. The van der Waals surface area contributed by atoms with Crippen LogP contribution in [-0.4, -0.2) is 53.6 Å². The number of urea groups is 1. The molecular formula is C25H36N3O8P. The predicted octanol–water partition coefficient (Wildman–Crippen LogP) is 5.07. The number of nitrogens with one attached hydrogen (secondary N) is 2. The number of benzene rings is 1. The lowest BCUT2D eigenvalue weighted by Gasteiger charge is -2.20. The van der Waals surface area contributed by atoms with Gasteiger partial charge in [0.25, 0.3) is 0 Å². The molecule has 0 unspecified atom stereocenters. The third-order valence-electron chi connectivity index (χ3n) is 5.27. The van der Waals surface area contributed by atoms with Crippen LogP contribution in [0.25, 0.3) is 10.9 Å². The summed E-state index contributed by atoms with van der Waals surface area (Å²) in [5.74, 6) is -0.519. The van der Waals surface area contributed by atoms with Crippen molar-refractivity contribution in [2.45, 2.75) is 72.6 Å². The van der Waals surface area contributed by atoms with Crippen molar-refractivity contribution in [2.75, 3.05) is 24.9 Å². The molecule has 1 aliphatic rings. The molecule has 0 saturated heterocycles. The van der Waals surface area contributed by atoms with E-state index in [4.69, 9.17) is 18.5 Å². The van der Waals surface area contributed by atoms with Crippen molar-refractivity contribution in [1.29, 1.82) is 0 Å². The molecule has 37 heavy (non-hydrogen) atoms. The largest absolute Gasteiger partial charge is 0.479 e. The van der Waals surface area contributed by atoms with Crippen LogP contribution >= 0.6 is 7.60 Å². The summed E-state index contributed by atoms with van der Waals surface area (Å²) in [4.78, 5) is 37.5. The first-order valence-corrected chi connectivity index (χ1v) is 14.0. The first-order chi connectivity index (χ1) is 17.3. The van der Waals surface area contributed by atoms with Gasteiger partial charge in [-0.05, 0) is 60.5 Å². The fourth-order valence-corrected chi connectivity index (χ4v) is 4.99. The van der Waals surface area contributed by atoms with E-state index in [-0.39, 0.29) is 43.0 Å². The zero-order chi connectivity index (χ0) is 27.4. The van der Waals surface area contributed by atoms with Gasteiger partial charge in [0, 0.05) is 29.3 Å². The number of carbonyl (C=O) groups is 3. The van der Waals surface area contributed by atoms with E-state index >= 15 is 0 Å². The highest BCUT2D eigenvalue weighted by atomic mass is 31.2. The molecule has 1 fully saturated rings. The molecule has 2 N–H and O–H groups in total. The molecule has 3 rings (SSSR count). The first-order valence-electron chi connectivity index (χ1n) is 12.3. The summed E-state index contributed by atoms with van der Waals surface area (Å²) in [6.07, 6.45) is 2.99. The number of carbonyl (C=O) groups excluding carboxylic acids is 3. The Kier molecular flexibility index (Phi) is 9.05. The summed E-state index contributed by atoms with van der Waals surface area (Å²) in [7, 11) is -3.57. The minimum absolute atomic E-state index is 0.118. The van der Waals surface area contributed by atoms with Gasteiger partial charge in [0.1, 0.15) is 17.9 Å². The Balaban J connectivity index is 2.03. The monoisotopic (exact) mass is 537 g/mol. The number of rotatable bonds is 12. The Morgan fingerprint density at radius 1 is 1.11 bits per heavy atom. The van der Waals surface area contributed by atoms with Crippen molar-refractivity contribution in [3.05, 3.63) is 23.9 Å². The van der Waals surface area contributed by atoms with Crippen molar-refractivity contribution >= 4 is 42.0 Å². The maximum Gasteiger partial charge on any atom is 0.367 e. The van der Waals surface area contributed by atoms with E-state index in [0.29, 0.717) is 16.5 Å². The number of aromatic nitrogens is 1. The number of hydrogen-bond acceptors (Lipinski definition) is 8. The normalized spacial score (nSPS) is 13.9. The lowest BCUT2D eigenvalue weighted by Crippen LogP contribution is -2.30. The smallest absolute Gasteiger partial charge is 0.367 e. The number of nitrogens with zero attached hydrogens (tertiary/aromatic N) is 1. The summed E-state index contributed by atoms with van der Waals surface area (Å²) >= 11 is 0. The molecule has 2 aromatic rings. The standard InChI is InChI=1S/C25H36N3O8P/c1-7-34-37(32,35-8-2)15-33-22-12-21-18(11-20(22)27-24(31)26-17-9-10-17)19(16(3)29)13-28(21)14-23(30)36-25(4,5)6/h11-13,17H,7-10,14-15H2,1-6H3,(H2,26,27,31). The molecule has 1 aliphatic carbocycles. The molecule has 0 bridgehead atoms. The van der Waals surface area contributed by atoms with Crippen LogP contribution in [0.5, 0.6) is 5.75 Å². The maximum atomic E-state index is 13.0. The van der Waals surface area contributed by atoms with Gasteiger partial charge in [-0.3, -0.25) is 14.2 Å². The van der Waals surface area contributed by atoms with E-state index < -0.39 is 31.5 Å². The number of anilines is 1. The van der Waals surface area contributed by atoms with Crippen molar-refractivity contribution < 1.29 is 37.5 Å². The lowest BCUT2D eigenvalue weighted by molar-refractivity contribution is -0.155. The molecule has 12 heteroatoms. The van der Waals surface area contributed by atoms with E-state index in [0.717, 1.165) is 12.8 Å². The van der Waals surface area contributed by atoms with Gasteiger partial charge in [0.15, 0.2) is 12.1 Å². The quantitative estimate of drug-likeness (QED) is 0.218. The molecule has 1 heterocycles. The van der Waals surface area contributed by atoms with Crippen molar-refractivity contribution in [3.63, 3.8) is 0 Å². The summed E-state index contributed by atoms with van der Waals surface area (Å²) in [5.41, 5.74) is 0.457. The molecule has 0 radical (unpaired) electrons. The number of amides is 2. The van der Waals surface area contributed by atoms with Crippen molar-refractivity contribution in [3.8, 4) is 5.75 Å². The fraction of sp³-hybridized carbons (Fsp3) is 0.560. The maximum absolute atomic E-state index is 13.0. The number of Topliss-reactive ketones (excluding diaryl/α,β-unsaturated/α-hetero) is 1. The molecule has 2 amide bonds. The highest BCUT2D eigenvalue weighted by Gasteiger charge is 2.28. The number of hydrogen-bond donors (Lipinski definition) is 2. The second-order valence-corrected chi connectivity index (χ2v) is 11.8. The molecule has 204 valence electrons. The molecule has 0 spiro atoms. The molecule has 0 atom stereocenters. The molecule has 1 saturated carbocycles. The second-order valence-electron chi connectivity index (χ2n) is 9.77. The molecule has 11 nitrogen and oxygen atoms in total. The SMILES string of the molecule is CCOP(=O)(COc1cc2c(cc1NC(=O)NC1CC1)c(C(C)=O)cn2CC(=O)OC(C)(C)C)OCC. The van der Waals surface area contributed by atoms with Gasteiger partial charge in [-0.1, -0.05) is 0 Å². The third-order valence-corrected chi connectivity index (χ3v) is 7.02. The Bertz CT molecular complexity index is 1200. The summed E-state index contributed by atoms with van der Waals surface area (Å²) in [5, 5.41) is 6.12. The topological polar surface area (TPSA) is 134 Å². The van der Waals surface area contributed by atoms with Gasteiger partial charge in [0.05, 0.1) is 24.4 Å². The van der Waals surface area contributed by atoms with E-state index in [2.05, 4.69) is 10.6 Å². The van der Waals surface area contributed by atoms with Gasteiger partial charge >= 0.3 is 19.6 Å². The first kappa shape index (κ1) is 28.7. The van der Waals surface area contributed by atoms with E-state index in [1.807, 2.05) is 0 Å². The van der Waals surface area contributed by atoms with E-state index in [1.54, 1.807) is 57.5 Å². The summed E-state index contributed by atoms with van der Waals surface area (Å²) in [6, 6.07) is 2.88. The number of fused-ring (bicyclic) bond motifs is 1. The second kappa shape index (κ2) is 11.7. The van der Waals surface area contributed by atoms with Crippen LogP contribution in [-0.2, 0) is 29.7 Å². The van der Waals surface area contributed by atoms with Crippen LogP contribution in [0.4, 0.5) is 10.5 Å². The third kappa shape index (κ3) is 8.05. The van der Waals surface area contributed by atoms with Gasteiger partial charge in [-0.2, -0.15) is 0 Å². The molecular weight excluding hydrogens is 501 g/mol. The van der Waals surface area contributed by atoms with Gasteiger partial charge in [-0.15, -0.1) is 0 Å². The molecule has 1 aromatic heterocycles. The van der Waals surface area contributed by atoms with Crippen LogP contribution in [0.3, 0.4) is 0 Å². The summed E-state index contributed by atoms with van der Waals surface area (Å²) in [6.45, 7) is 10.3. The van der Waals surface area contributed by atoms with Crippen LogP contribution in [0.1, 0.15) is 64.7 Å². The fourth-order valence-electron chi connectivity index (χ4n) is 3.68. The molecule has 1 aromatic carbocycles.